The van der Waals surface area contributed by atoms with Gasteiger partial charge in [0, 0.05) is 12.6 Å². The van der Waals surface area contributed by atoms with Crippen LogP contribution in [-0.4, -0.2) is 30.3 Å². The van der Waals surface area contributed by atoms with Gasteiger partial charge in [-0.25, -0.2) is 0 Å². The van der Waals surface area contributed by atoms with Crippen LogP contribution >= 0.6 is 0 Å². The number of nitrogens with one attached hydrogen (secondary N) is 1. The van der Waals surface area contributed by atoms with E-state index in [1.807, 2.05) is 38.1 Å². The second-order valence-electron chi connectivity index (χ2n) is 4.05. The summed E-state index contributed by atoms with van der Waals surface area (Å²) in [6, 6.07) is 7.69. The quantitative estimate of drug-likeness (QED) is 0.663. The summed E-state index contributed by atoms with van der Waals surface area (Å²) in [5.41, 5.74) is 6.02. The molecule has 1 aromatic carbocycles. The first-order valence-electron chi connectivity index (χ1n) is 5.98. The Morgan fingerprint density at radius 2 is 2.06 bits per heavy atom. The number of nitrogens with two attached hydrogens (primary N) is 1. The summed E-state index contributed by atoms with van der Waals surface area (Å²) in [5, 5.41) is 12.3. The number of carbonyl (C=O) groups excluding carboxylic acids is 1. The zero-order valence-corrected chi connectivity index (χ0v) is 10.7. The van der Waals surface area contributed by atoms with Crippen LogP contribution in [0, 0.1) is 0 Å². The number of benzene rings is 1. The first-order chi connectivity index (χ1) is 8.54. The Labute approximate surface area is 107 Å². The molecule has 18 heavy (non-hydrogen) atoms. The Hall–Kier alpha value is -1.59. The lowest BCUT2D eigenvalue weighted by molar-refractivity contribution is -0.125. The Morgan fingerprint density at radius 1 is 1.44 bits per heavy atom. The number of aliphatic hydroxyl groups is 1. The van der Waals surface area contributed by atoms with Gasteiger partial charge in [-0.3, -0.25) is 4.79 Å². The van der Waals surface area contributed by atoms with E-state index in [-0.39, 0.29) is 12.6 Å². The van der Waals surface area contributed by atoms with Gasteiger partial charge in [0.1, 0.15) is 11.9 Å². The summed E-state index contributed by atoms with van der Waals surface area (Å²) in [5.74, 6) is 0.104. The number of ether oxygens (including phenoxy) is 1. The van der Waals surface area contributed by atoms with Gasteiger partial charge >= 0.3 is 0 Å². The van der Waals surface area contributed by atoms with Crippen molar-refractivity contribution in [1.82, 2.24) is 5.32 Å². The van der Waals surface area contributed by atoms with Crippen LogP contribution < -0.4 is 15.8 Å². The highest BCUT2D eigenvalue weighted by molar-refractivity contribution is 5.78. The second-order valence-corrected chi connectivity index (χ2v) is 4.05. The summed E-state index contributed by atoms with van der Waals surface area (Å²) in [6.45, 7) is 4.66. The third kappa shape index (κ3) is 4.35. The van der Waals surface area contributed by atoms with Crippen molar-refractivity contribution in [2.24, 2.45) is 5.73 Å². The SMILES string of the molecule is CCOc1ccc(C(C)NCC(O)C(N)=O)cc1. The van der Waals surface area contributed by atoms with Crippen LogP contribution in [0.15, 0.2) is 24.3 Å². The summed E-state index contributed by atoms with van der Waals surface area (Å²) in [7, 11) is 0. The van der Waals surface area contributed by atoms with Crippen LogP contribution in [0.1, 0.15) is 25.5 Å². The highest BCUT2D eigenvalue weighted by Crippen LogP contribution is 2.17. The number of hydrogen-bond donors (Lipinski definition) is 3. The van der Waals surface area contributed by atoms with Crippen molar-refractivity contribution in [3.63, 3.8) is 0 Å². The average molecular weight is 252 g/mol. The summed E-state index contributed by atoms with van der Waals surface area (Å²) < 4.78 is 5.35. The van der Waals surface area contributed by atoms with Crippen molar-refractivity contribution in [2.45, 2.75) is 26.0 Å². The van der Waals surface area contributed by atoms with Crippen LogP contribution in [0.2, 0.25) is 0 Å². The minimum Gasteiger partial charge on any atom is -0.494 e. The maximum Gasteiger partial charge on any atom is 0.247 e. The van der Waals surface area contributed by atoms with E-state index in [1.165, 1.54) is 0 Å². The first kappa shape index (κ1) is 14.5. The van der Waals surface area contributed by atoms with Crippen LogP contribution in [0.3, 0.4) is 0 Å². The second kappa shape index (κ2) is 6.98. The van der Waals surface area contributed by atoms with E-state index < -0.39 is 12.0 Å². The van der Waals surface area contributed by atoms with Gasteiger partial charge in [-0.05, 0) is 31.5 Å². The number of hydrogen-bond acceptors (Lipinski definition) is 4. The number of aliphatic hydroxyl groups excluding tert-OH is 1. The lowest BCUT2D eigenvalue weighted by Gasteiger charge is -2.16. The predicted molar refractivity (Wildman–Crippen MR) is 69.2 cm³/mol. The molecule has 5 nitrogen and oxygen atoms in total. The average Bonchev–Trinajstić information content (AvgIpc) is 2.36. The van der Waals surface area contributed by atoms with E-state index in [0.29, 0.717) is 6.61 Å². The van der Waals surface area contributed by atoms with Gasteiger partial charge < -0.3 is 20.9 Å². The molecular weight excluding hydrogens is 232 g/mol. The molecule has 4 N–H and O–H groups in total. The third-order valence-electron chi connectivity index (χ3n) is 2.64. The molecule has 0 saturated heterocycles. The van der Waals surface area contributed by atoms with Gasteiger partial charge in [-0.2, -0.15) is 0 Å². The van der Waals surface area contributed by atoms with Crippen LogP contribution in [0.4, 0.5) is 0 Å². The van der Waals surface area contributed by atoms with Crippen LogP contribution in [0.5, 0.6) is 5.75 Å². The van der Waals surface area contributed by atoms with Crippen molar-refractivity contribution in [1.29, 1.82) is 0 Å². The minimum atomic E-state index is -1.16. The Balaban J connectivity index is 2.50. The standard InChI is InChI=1S/C13H20N2O3/c1-3-18-11-6-4-10(5-7-11)9(2)15-8-12(16)13(14)17/h4-7,9,12,15-16H,3,8H2,1-2H3,(H2,14,17). The Morgan fingerprint density at radius 3 is 2.56 bits per heavy atom. The topological polar surface area (TPSA) is 84.6 Å². The van der Waals surface area contributed by atoms with Gasteiger partial charge in [0.15, 0.2) is 0 Å². The molecule has 1 amide bonds. The molecule has 1 aromatic rings. The molecule has 0 saturated carbocycles. The van der Waals surface area contributed by atoms with Crippen molar-refractivity contribution < 1.29 is 14.6 Å². The molecule has 0 heterocycles. The molecular formula is C13H20N2O3. The van der Waals surface area contributed by atoms with Crippen molar-refractivity contribution in [3.05, 3.63) is 29.8 Å². The predicted octanol–water partition coefficient (Wildman–Crippen LogP) is 0.582. The van der Waals surface area contributed by atoms with Gasteiger partial charge in [-0.1, -0.05) is 12.1 Å². The van der Waals surface area contributed by atoms with Gasteiger partial charge in [0.25, 0.3) is 0 Å². The number of primary amides is 1. The van der Waals surface area contributed by atoms with Crippen molar-refractivity contribution in [3.8, 4) is 5.75 Å². The molecule has 2 unspecified atom stereocenters. The van der Waals surface area contributed by atoms with Crippen molar-refractivity contribution >= 4 is 5.91 Å². The molecule has 0 radical (unpaired) electrons. The third-order valence-corrected chi connectivity index (χ3v) is 2.64. The van der Waals surface area contributed by atoms with E-state index in [9.17, 15) is 9.90 Å². The normalized spacial score (nSPS) is 13.9. The fourth-order valence-electron chi connectivity index (χ4n) is 1.53. The monoisotopic (exact) mass is 252 g/mol. The molecule has 2 atom stereocenters. The smallest absolute Gasteiger partial charge is 0.247 e. The number of carbonyl (C=O) groups is 1. The molecule has 0 spiro atoms. The van der Waals surface area contributed by atoms with E-state index in [0.717, 1.165) is 11.3 Å². The van der Waals surface area contributed by atoms with Gasteiger partial charge in [-0.15, -0.1) is 0 Å². The fraction of sp³-hybridized carbons (Fsp3) is 0.462. The lowest BCUT2D eigenvalue weighted by atomic mass is 10.1. The molecule has 0 aliphatic heterocycles. The highest BCUT2D eigenvalue weighted by Gasteiger charge is 2.12. The largest absolute Gasteiger partial charge is 0.494 e. The number of amides is 1. The van der Waals surface area contributed by atoms with E-state index in [1.54, 1.807) is 0 Å². The molecule has 0 bridgehead atoms. The summed E-state index contributed by atoms with van der Waals surface area (Å²) in [4.78, 5) is 10.7. The van der Waals surface area contributed by atoms with Crippen molar-refractivity contribution in [2.75, 3.05) is 13.2 Å². The zero-order valence-electron chi connectivity index (χ0n) is 10.7. The Bertz CT molecular complexity index is 378. The number of rotatable bonds is 7. The maximum absolute atomic E-state index is 10.7. The van der Waals surface area contributed by atoms with E-state index >= 15 is 0 Å². The van der Waals surface area contributed by atoms with Gasteiger partial charge in [0.05, 0.1) is 6.61 Å². The molecule has 0 fully saturated rings. The molecule has 0 aliphatic rings. The molecule has 0 aliphatic carbocycles. The molecule has 100 valence electrons. The summed E-state index contributed by atoms with van der Waals surface area (Å²) in [6.07, 6.45) is -1.16. The molecule has 1 rings (SSSR count). The van der Waals surface area contributed by atoms with Crippen LogP contribution in [0.25, 0.3) is 0 Å². The van der Waals surface area contributed by atoms with E-state index in [4.69, 9.17) is 10.5 Å². The maximum atomic E-state index is 10.7. The zero-order chi connectivity index (χ0) is 13.5. The minimum absolute atomic E-state index is 0.0228. The molecule has 5 heteroatoms. The summed E-state index contributed by atoms with van der Waals surface area (Å²) >= 11 is 0. The van der Waals surface area contributed by atoms with E-state index in [2.05, 4.69) is 5.32 Å². The van der Waals surface area contributed by atoms with Gasteiger partial charge in [0.2, 0.25) is 5.91 Å². The Kier molecular flexibility index (Phi) is 5.61. The first-order valence-corrected chi connectivity index (χ1v) is 5.98. The molecule has 0 aromatic heterocycles. The van der Waals surface area contributed by atoms with Crippen LogP contribution in [-0.2, 0) is 4.79 Å². The lowest BCUT2D eigenvalue weighted by Crippen LogP contribution is -2.38. The fourth-order valence-corrected chi connectivity index (χ4v) is 1.53. The highest BCUT2D eigenvalue weighted by atomic mass is 16.5.